The molecule has 2 heterocycles. The van der Waals surface area contributed by atoms with Crippen LogP contribution in [0.3, 0.4) is 0 Å². The van der Waals surface area contributed by atoms with Gasteiger partial charge in [-0.15, -0.1) is 0 Å². The molecule has 1 atom stereocenters. The fourth-order valence-electron chi connectivity index (χ4n) is 2.53. The predicted octanol–water partition coefficient (Wildman–Crippen LogP) is 4.30. The molecule has 2 N–H and O–H groups in total. The van der Waals surface area contributed by atoms with Gasteiger partial charge in [0.25, 0.3) is 5.56 Å². The van der Waals surface area contributed by atoms with E-state index in [1.54, 1.807) is 0 Å². The minimum atomic E-state index is -4.80. The fraction of sp³-hybridized carbons (Fsp3) is 0.188. The highest BCUT2D eigenvalue weighted by atomic mass is 35.5. The van der Waals surface area contributed by atoms with Crippen molar-refractivity contribution in [2.24, 2.45) is 0 Å². The average Bonchev–Trinajstić information content (AvgIpc) is 2.56. The molecule has 0 unspecified atom stereocenters. The lowest BCUT2D eigenvalue weighted by Crippen LogP contribution is -2.17. The molecule has 2 aromatic heterocycles. The van der Waals surface area contributed by atoms with Crippen LogP contribution < -0.4 is 10.9 Å². The summed E-state index contributed by atoms with van der Waals surface area (Å²) in [5.41, 5.74) is -2.05. The number of halogens is 5. The molecule has 0 saturated carbocycles. The summed E-state index contributed by atoms with van der Waals surface area (Å²) in [6.45, 7) is 1.47. The summed E-state index contributed by atoms with van der Waals surface area (Å²) in [6, 6.07) is 3.55. The number of anilines is 1. The molecule has 26 heavy (non-hydrogen) atoms. The van der Waals surface area contributed by atoms with E-state index in [0.29, 0.717) is 11.5 Å². The van der Waals surface area contributed by atoms with Crippen molar-refractivity contribution in [3.05, 3.63) is 62.9 Å². The highest BCUT2D eigenvalue weighted by molar-refractivity contribution is 6.30. The number of benzene rings is 1. The summed E-state index contributed by atoms with van der Waals surface area (Å²) < 4.78 is 52.9. The van der Waals surface area contributed by atoms with Crippen molar-refractivity contribution in [2.45, 2.75) is 19.1 Å². The summed E-state index contributed by atoms with van der Waals surface area (Å²) in [6.07, 6.45) is -3.55. The SMILES string of the molecule is C[C@@H](Nc1n[nH]c(=O)c2cnc(Cl)cc12)c1cccc(C(F)(F)F)c1F. The summed E-state index contributed by atoms with van der Waals surface area (Å²) in [5, 5.41) is 9.48. The van der Waals surface area contributed by atoms with Gasteiger partial charge in [0, 0.05) is 17.1 Å². The number of pyridine rings is 1. The van der Waals surface area contributed by atoms with Gasteiger partial charge in [-0.05, 0) is 19.1 Å². The molecule has 0 saturated heterocycles. The molecule has 5 nitrogen and oxygen atoms in total. The van der Waals surface area contributed by atoms with Crippen molar-refractivity contribution < 1.29 is 17.6 Å². The number of hydrogen-bond donors (Lipinski definition) is 2. The predicted molar refractivity (Wildman–Crippen MR) is 88.6 cm³/mol. The maximum absolute atomic E-state index is 14.3. The minimum Gasteiger partial charge on any atom is -0.361 e. The second-order valence-electron chi connectivity index (χ2n) is 5.53. The van der Waals surface area contributed by atoms with Crippen LogP contribution in [0.5, 0.6) is 0 Å². The van der Waals surface area contributed by atoms with E-state index in [1.807, 2.05) is 0 Å². The molecule has 1 aromatic carbocycles. The zero-order chi connectivity index (χ0) is 19.1. The first-order chi connectivity index (χ1) is 12.2. The third-order valence-corrected chi connectivity index (χ3v) is 4.00. The number of H-pyrrole nitrogens is 1. The molecule has 0 aliphatic heterocycles. The van der Waals surface area contributed by atoms with Crippen molar-refractivity contribution in [2.75, 3.05) is 5.32 Å². The molecular weight excluding hydrogens is 376 g/mol. The number of rotatable bonds is 3. The van der Waals surface area contributed by atoms with Crippen LogP contribution in [0, 0.1) is 5.82 Å². The van der Waals surface area contributed by atoms with Crippen molar-refractivity contribution >= 4 is 28.2 Å². The first-order valence-corrected chi connectivity index (χ1v) is 7.72. The van der Waals surface area contributed by atoms with Gasteiger partial charge < -0.3 is 5.32 Å². The van der Waals surface area contributed by atoms with Crippen LogP contribution in [-0.4, -0.2) is 15.2 Å². The zero-order valence-corrected chi connectivity index (χ0v) is 13.9. The number of aromatic nitrogens is 3. The molecule has 0 aliphatic rings. The van der Waals surface area contributed by atoms with Crippen LogP contribution in [0.2, 0.25) is 5.15 Å². The lowest BCUT2D eigenvalue weighted by Gasteiger charge is -2.18. The lowest BCUT2D eigenvalue weighted by atomic mass is 10.0. The van der Waals surface area contributed by atoms with E-state index in [4.69, 9.17) is 11.6 Å². The Balaban J connectivity index is 2.03. The van der Waals surface area contributed by atoms with Crippen molar-refractivity contribution in [1.29, 1.82) is 0 Å². The molecule has 0 amide bonds. The molecule has 0 radical (unpaired) electrons. The first-order valence-electron chi connectivity index (χ1n) is 7.34. The van der Waals surface area contributed by atoms with Crippen LogP contribution in [-0.2, 0) is 6.18 Å². The van der Waals surface area contributed by atoms with Crippen LogP contribution >= 0.6 is 11.6 Å². The Labute approximate surface area is 149 Å². The van der Waals surface area contributed by atoms with Crippen LogP contribution in [0.15, 0.2) is 35.3 Å². The zero-order valence-electron chi connectivity index (χ0n) is 13.2. The van der Waals surface area contributed by atoms with Crippen molar-refractivity contribution in [3.8, 4) is 0 Å². The standard InChI is InChI=1S/C16H11ClF4N4O/c1-7(8-3-2-4-11(13(8)18)16(19,20)21)23-14-9-5-12(17)22-6-10(9)15(26)25-24-14/h2-7H,1H3,(H,23,24)(H,25,26)/t7-/m1/s1. The van der Waals surface area contributed by atoms with Gasteiger partial charge in [0.1, 0.15) is 11.0 Å². The minimum absolute atomic E-state index is 0.103. The van der Waals surface area contributed by atoms with Gasteiger partial charge >= 0.3 is 6.18 Å². The molecule has 0 fully saturated rings. The van der Waals surface area contributed by atoms with E-state index in [0.717, 1.165) is 6.07 Å². The van der Waals surface area contributed by atoms with Gasteiger partial charge in [-0.1, -0.05) is 23.7 Å². The van der Waals surface area contributed by atoms with Crippen molar-refractivity contribution in [3.63, 3.8) is 0 Å². The number of fused-ring (bicyclic) bond motifs is 1. The summed E-state index contributed by atoms with van der Waals surface area (Å²) in [5.74, 6) is -1.23. The molecule has 0 spiro atoms. The Morgan fingerprint density at radius 1 is 1.27 bits per heavy atom. The Hall–Kier alpha value is -2.68. The quantitative estimate of drug-likeness (QED) is 0.520. The number of nitrogens with zero attached hydrogens (tertiary/aromatic N) is 2. The fourth-order valence-corrected chi connectivity index (χ4v) is 2.69. The monoisotopic (exact) mass is 386 g/mol. The summed E-state index contributed by atoms with van der Waals surface area (Å²) in [4.78, 5) is 15.6. The highest BCUT2D eigenvalue weighted by Gasteiger charge is 2.35. The smallest absolute Gasteiger partial charge is 0.361 e. The van der Waals surface area contributed by atoms with E-state index in [1.165, 1.54) is 25.3 Å². The Kier molecular flexibility index (Phi) is 4.57. The molecule has 3 rings (SSSR count). The molecule has 0 bridgehead atoms. The second kappa shape index (κ2) is 6.56. The Bertz CT molecular complexity index is 1030. The van der Waals surface area contributed by atoms with E-state index in [-0.39, 0.29) is 21.9 Å². The Morgan fingerprint density at radius 3 is 2.69 bits per heavy atom. The van der Waals surface area contributed by atoms with Gasteiger partial charge in [0.15, 0.2) is 5.82 Å². The largest absolute Gasteiger partial charge is 0.419 e. The van der Waals surface area contributed by atoms with Crippen LogP contribution in [0.25, 0.3) is 10.8 Å². The van der Waals surface area contributed by atoms with Gasteiger partial charge in [0.2, 0.25) is 0 Å². The van der Waals surface area contributed by atoms with Gasteiger partial charge in [-0.2, -0.15) is 18.3 Å². The van der Waals surface area contributed by atoms with Gasteiger partial charge in [-0.25, -0.2) is 14.5 Å². The summed E-state index contributed by atoms with van der Waals surface area (Å²) >= 11 is 5.83. The van der Waals surface area contributed by atoms with Crippen LogP contribution in [0.4, 0.5) is 23.4 Å². The average molecular weight is 387 g/mol. The van der Waals surface area contributed by atoms with E-state index in [9.17, 15) is 22.4 Å². The van der Waals surface area contributed by atoms with Gasteiger partial charge in [0.05, 0.1) is 17.0 Å². The number of aromatic amines is 1. The molecule has 10 heteroatoms. The molecule has 3 aromatic rings. The second-order valence-corrected chi connectivity index (χ2v) is 5.91. The van der Waals surface area contributed by atoms with E-state index >= 15 is 0 Å². The Morgan fingerprint density at radius 2 is 2.00 bits per heavy atom. The van der Waals surface area contributed by atoms with Crippen LogP contribution in [0.1, 0.15) is 24.1 Å². The van der Waals surface area contributed by atoms with Crippen molar-refractivity contribution in [1.82, 2.24) is 15.2 Å². The number of nitrogens with one attached hydrogen (secondary N) is 2. The molecule has 0 aliphatic carbocycles. The maximum atomic E-state index is 14.3. The topological polar surface area (TPSA) is 70.7 Å². The highest BCUT2D eigenvalue weighted by Crippen LogP contribution is 2.34. The first kappa shape index (κ1) is 18.1. The number of hydrogen-bond acceptors (Lipinski definition) is 4. The lowest BCUT2D eigenvalue weighted by molar-refractivity contribution is -0.140. The summed E-state index contributed by atoms with van der Waals surface area (Å²) in [7, 11) is 0. The normalized spacial score (nSPS) is 13.0. The van der Waals surface area contributed by atoms with E-state index < -0.39 is 29.2 Å². The third-order valence-electron chi connectivity index (χ3n) is 3.79. The van der Waals surface area contributed by atoms with Gasteiger partial charge in [-0.3, -0.25) is 4.79 Å². The maximum Gasteiger partial charge on any atom is 0.419 e. The molecular formula is C16H11ClF4N4O. The van der Waals surface area contributed by atoms with E-state index in [2.05, 4.69) is 20.5 Å². The molecule has 136 valence electrons. The third kappa shape index (κ3) is 3.34. The number of alkyl halides is 3.